The maximum atomic E-state index is 12.5. The molecule has 118 valence electrons. The van der Waals surface area contributed by atoms with Gasteiger partial charge in [0, 0.05) is 18.7 Å². The zero-order chi connectivity index (χ0) is 15.9. The lowest BCUT2D eigenvalue weighted by Crippen LogP contribution is -2.37. The van der Waals surface area contributed by atoms with Gasteiger partial charge in [0.25, 0.3) is 0 Å². The molecule has 0 N–H and O–H groups in total. The number of carbonyl (C=O) groups excluding carboxylic acids is 1. The molecule has 1 atom stereocenters. The Morgan fingerprint density at radius 1 is 1.36 bits per heavy atom. The minimum absolute atomic E-state index is 0.0852. The fraction of sp³-hybridized carbons (Fsp3) is 0.444. The van der Waals surface area contributed by atoms with Crippen molar-refractivity contribution in [3.8, 4) is 0 Å². The summed E-state index contributed by atoms with van der Waals surface area (Å²) in [5.74, 6) is 0.0852. The Morgan fingerprint density at radius 3 is 2.82 bits per heavy atom. The molecule has 0 bridgehead atoms. The zero-order valence-corrected chi connectivity index (χ0v) is 14.4. The van der Waals surface area contributed by atoms with E-state index in [9.17, 15) is 4.79 Å². The van der Waals surface area contributed by atoms with E-state index in [1.807, 2.05) is 29.2 Å². The highest BCUT2D eigenvalue weighted by Gasteiger charge is 2.15. The Morgan fingerprint density at radius 2 is 2.14 bits per heavy atom. The number of aromatic nitrogens is 1. The number of para-hydroxylation sites is 1. The molecule has 0 aliphatic rings. The second-order valence-corrected chi connectivity index (χ2v) is 6.56. The highest BCUT2D eigenvalue weighted by molar-refractivity contribution is 7.19. The van der Waals surface area contributed by atoms with Gasteiger partial charge < -0.3 is 4.90 Å². The van der Waals surface area contributed by atoms with Gasteiger partial charge in [-0.2, -0.15) is 0 Å². The van der Waals surface area contributed by atoms with Crippen LogP contribution < -0.4 is 0 Å². The van der Waals surface area contributed by atoms with Crippen LogP contribution in [0.15, 0.2) is 30.3 Å². The first-order valence-electron chi connectivity index (χ1n) is 8.00. The lowest BCUT2D eigenvalue weighted by molar-refractivity contribution is -0.128. The molecule has 0 aliphatic carbocycles. The summed E-state index contributed by atoms with van der Waals surface area (Å²) < 4.78 is 1.15. The van der Waals surface area contributed by atoms with Gasteiger partial charge in [-0.25, -0.2) is 4.98 Å². The highest BCUT2D eigenvalue weighted by Crippen LogP contribution is 2.22. The SMILES string of the molecule is CCCCN(C(=O)C=Cc1nc2ccccc2s1)C(C)CC. The van der Waals surface area contributed by atoms with Crippen LogP contribution in [0.5, 0.6) is 0 Å². The predicted octanol–water partition coefficient (Wildman–Crippen LogP) is 4.74. The number of rotatable bonds is 7. The van der Waals surface area contributed by atoms with Crippen LogP contribution >= 0.6 is 11.3 Å². The molecular formula is C18H24N2OS. The van der Waals surface area contributed by atoms with Crippen LogP contribution in [0, 0.1) is 0 Å². The normalized spacial score (nSPS) is 12.9. The van der Waals surface area contributed by atoms with E-state index in [1.165, 1.54) is 0 Å². The van der Waals surface area contributed by atoms with Crippen molar-refractivity contribution in [3.05, 3.63) is 35.3 Å². The molecule has 1 amide bonds. The molecule has 1 heterocycles. The first kappa shape index (κ1) is 16.7. The first-order valence-corrected chi connectivity index (χ1v) is 8.81. The van der Waals surface area contributed by atoms with Crippen molar-refractivity contribution in [2.75, 3.05) is 6.54 Å². The van der Waals surface area contributed by atoms with E-state index in [1.54, 1.807) is 17.4 Å². The summed E-state index contributed by atoms with van der Waals surface area (Å²) in [5, 5.41) is 0.883. The van der Waals surface area contributed by atoms with E-state index in [0.29, 0.717) is 0 Å². The number of carbonyl (C=O) groups is 1. The number of nitrogens with zero attached hydrogens (tertiary/aromatic N) is 2. The molecule has 0 aliphatic heterocycles. The molecule has 0 saturated heterocycles. The molecule has 0 radical (unpaired) electrons. The Labute approximate surface area is 136 Å². The predicted molar refractivity (Wildman–Crippen MR) is 95.0 cm³/mol. The molecule has 1 unspecified atom stereocenters. The molecular weight excluding hydrogens is 292 g/mol. The van der Waals surface area contributed by atoms with Gasteiger partial charge in [-0.3, -0.25) is 4.79 Å². The second kappa shape index (κ2) is 8.08. The van der Waals surface area contributed by atoms with Gasteiger partial charge >= 0.3 is 0 Å². The van der Waals surface area contributed by atoms with E-state index in [0.717, 1.165) is 41.0 Å². The molecule has 0 fully saturated rings. The lowest BCUT2D eigenvalue weighted by Gasteiger charge is -2.27. The number of fused-ring (bicyclic) bond motifs is 1. The highest BCUT2D eigenvalue weighted by atomic mass is 32.1. The smallest absolute Gasteiger partial charge is 0.246 e. The maximum Gasteiger partial charge on any atom is 0.246 e. The minimum atomic E-state index is 0.0852. The van der Waals surface area contributed by atoms with Crippen LogP contribution in [0.25, 0.3) is 16.3 Å². The van der Waals surface area contributed by atoms with E-state index in [4.69, 9.17) is 0 Å². The Kier molecular flexibility index (Phi) is 6.13. The van der Waals surface area contributed by atoms with Crippen LogP contribution in [-0.2, 0) is 4.79 Å². The largest absolute Gasteiger partial charge is 0.336 e. The van der Waals surface area contributed by atoms with Gasteiger partial charge in [-0.05, 0) is 38.0 Å². The van der Waals surface area contributed by atoms with Gasteiger partial charge in [0.1, 0.15) is 5.01 Å². The fourth-order valence-corrected chi connectivity index (χ4v) is 3.17. The molecule has 0 spiro atoms. The van der Waals surface area contributed by atoms with E-state index < -0.39 is 0 Å². The molecule has 1 aromatic heterocycles. The van der Waals surface area contributed by atoms with Crippen LogP contribution in [-0.4, -0.2) is 28.4 Å². The number of thiazole rings is 1. The number of benzene rings is 1. The average Bonchev–Trinajstić information content (AvgIpc) is 2.95. The summed E-state index contributed by atoms with van der Waals surface area (Å²) in [4.78, 5) is 19.0. The molecule has 0 saturated carbocycles. The first-order chi connectivity index (χ1) is 10.7. The van der Waals surface area contributed by atoms with E-state index in [2.05, 4.69) is 31.8 Å². The van der Waals surface area contributed by atoms with Crippen LogP contribution in [0.4, 0.5) is 0 Å². The molecule has 3 nitrogen and oxygen atoms in total. The third kappa shape index (κ3) is 4.17. The van der Waals surface area contributed by atoms with Crippen LogP contribution in [0.1, 0.15) is 45.0 Å². The quantitative estimate of drug-likeness (QED) is 0.691. The maximum absolute atomic E-state index is 12.5. The van der Waals surface area contributed by atoms with Crippen molar-refractivity contribution in [3.63, 3.8) is 0 Å². The summed E-state index contributed by atoms with van der Waals surface area (Å²) in [5.41, 5.74) is 0.990. The fourth-order valence-electron chi connectivity index (χ4n) is 2.30. The minimum Gasteiger partial charge on any atom is -0.336 e. The number of hydrogen-bond acceptors (Lipinski definition) is 3. The summed E-state index contributed by atoms with van der Waals surface area (Å²) in [6, 6.07) is 8.32. The summed E-state index contributed by atoms with van der Waals surface area (Å²) in [6.45, 7) is 7.21. The van der Waals surface area contributed by atoms with Gasteiger partial charge in [0.15, 0.2) is 0 Å². The Balaban J connectivity index is 2.10. The molecule has 22 heavy (non-hydrogen) atoms. The van der Waals surface area contributed by atoms with Crippen molar-refractivity contribution in [1.29, 1.82) is 0 Å². The molecule has 2 aromatic rings. The summed E-state index contributed by atoms with van der Waals surface area (Å²) in [6.07, 6.45) is 6.63. The lowest BCUT2D eigenvalue weighted by atomic mass is 10.2. The molecule has 1 aromatic carbocycles. The van der Waals surface area contributed by atoms with E-state index in [-0.39, 0.29) is 11.9 Å². The van der Waals surface area contributed by atoms with Crippen molar-refractivity contribution in [1.82, 2.24) is 9.88 Å². The van der Waals surface area contributed by atoms with Gasteiger partial charge in [0.05, 0.1) is 10.2 Å². The number of hydrogen-bond donors (Lipinski definition) is 0. The van der Waals surface area contributed by atoms with Crippen molar-refractivity contribution in [2.24, 2.45) is 0 Å². The van der Waals surface area contributed by atoms with Gasteiger partial charge in [-0.15, -0.1) is 11.3 Å². The Bertz CT molecular complexity index is 614. The average molecular weight is 316 g/mol. The van der Waals surface area contributed by atoms with Crippen molar-refractivity contribution >= 4 is 33.5 Å². The van der Waals surface area contributed by atoms with Crippen molar-refractivity contribution in [2.45, 2.75) is 46.1 Å². The van der Waals surface area contributed by atoms with Crippen molar-refractivity contribution < 1.29 is 4.79 Å². The number of unbranched alkanes of at least 4 members (excludes halogenated alkanes) is 1. The zero-order valence-electron chi connectivity index (χ0n) is 13.6. The van der Waals surface area contributed by atoms with Gasteiger partial charge in [-0.1, -0.05) is 32.4 Å². The third-order valence-electron chi connectivity index (χ3n) is 3.84. The third-order valence-corrected chi connectivity index (χ3v) is 4.84. The monoisotopic (exact) mass is 316 g/mol. The topological polar surface area (TPSA) is 33.2 Å². The van der Waals surface area contributed by atoms with Gasteiger partial charge in [0.2, 0.25) is 5.91 Å². The van der Waals surface area contributed by atoms with E-state index >= 15 is 0 Å². The molecule has 4 heteroatoms. The van der Waals surface area contributed by atoms with Crippen LogP contribution in [0.2, 0.25) is 0 Å². The summed E-state index contributed by atoms with van der Waals surface area (Å²) in [7, 11) is 0. The standard InChI is InChI=1S/C18H24N2OS/c1-4-6-13-20(14(3)5-2)18(21)12-11-17-19-15-9-7-8-10-16(15)22-17/h7-12,14H,4-6,13H2,1-3H3. The van der Waals surface area contributed by atoms with Crippen LogP contribution in [0.3, 0.4) is 0 Å². The second-order valence-electron chi connectivity index (χ2n) is 5.50. The molecule has 2 rings (SSSR count). The number of amides is 1. The Hall–Kier alpha value is -1.68. The summed E-state index contributed by atoms with van der Waals surface area (Å²) >= 11 is 1.61.